The zero-order valence-electron chi connectivity index (χ0n) is 21.6. The zero-order chi connectivity index (χ0) is 28.8. The summed E-state index contributed by atoms with van der Waals surface area (Å²) in [4.78, 5) is 34.5. The van der Waals surface area contributed by atoms with Crippen LogP contribution in [0, 0.1) is 11.6 Å². The second kappa shape index (κ2) is 10.7. The Hall–Kier alpha value is -4.09. The molecule has 2 aliphatic rings. The van der Waals surface area contributed by atoms with Crippen molar-refractivity contribution in [2.45, 2.75) is 18.9 Å². The highest BCUT2D eigenvalue weighted by atomic mass is 35.5. The maximum atomic E-state index is 15.4. The summed E-state index contributed by atoms with van der Waals surface area (Å²) in [5.41, 5.74) is 0.422. The third-order valence-electron chi connectivity index (χ3n) is 7.37. The van der Waals surface area contributed by atoms with E-state index in [0.29, 0.717) is 54.0 Å². The Balaban J connectivity index is 1.28. The lowest BCUT2D eigenvalue weighted by Gasteiger charge is -2.40. The van der Waals surface area contributed by atoms with Gasteiger partial charge in [0.15, 0.2) is 5.11 Å². The van der Waals surface area contributed by atoms with Crippen LogP contribution < -0.4 is 15.2 Å². The van der Waals surface area contributed by atoms with Crippen molar-refractivity contribution >= 4 is 63.0 Å². The fraction of sp³-hybridized carbons (Fsp3) is 0.241. The summed E-state index contributed by atoms with van der Waals surface area (Å²) in [6.07, 6.45) is 3.11. The highest BCUT2D eigenvalue weighted by Gasteiger charge is 2.30. The van der Waals surface area contributed by atoms with Crippen molar-refractivity contribution in [2.24, 2.45) is 0 Å². The van der Waals surface area contributed by atoms with Crippen molar-refractivity contribution < 1.29 is 18.7 Å². The van der Waals surface area contributed by atoms with Crippen LogP contribution in [0.1, 0.15) is 29.2 Å². The number of rotatable bonds is 5. The molecular weight excluding hydrogens is 572 g/mol. The van der Waals surface area contributed by atoms with Crippen LogP contribution >= 0.6 is 23.8 Å². The average Bonchev–Trinajstić information content (AvgIpc) is 3.80. The van der Waals surface area contributed by atoms with E-state index >= 15 is 4.39 Å². The van der Waals surface area contributed by atoms with Crippen molar-refractivity contribution in [1.29, 1.82) is 0 Å². The van der Waals surface area contributed by atoms with Gasteiger partial charge in [0.1, 0.15) is 28.2 Å². The molecule has 2 fully saturated rings. The number of nitrogens with zero attached hydrogens (tertiary/aromatic N) is 5. The molecule has 0 atom stereocenters. The number of thiocarbonyl (C=S) groups is 1. The molecule has 2 aromatic carbocycles. The quantitative estimate of drug-likeness (QED) is 0.236. The van der Waals surface area contributed by atoms with Gasteiger partial charge in [0, 0.05) is 43.8 Å². The number of carboxylic acids is 1. The zero-order valence-corrected chi connectivity index (χ0v) is 23.2. The molecule has 12 heteroatoms. The van der Waals surface area contributed by atoms with Crippen LogP contribution in [0.4, 0.5) is 26.0 Å². The van der Waals surface area contributed by atoms with E-state index in [2.05, 4.69) is 4.98 Å². The van der Waals surface area contributed by atoms with Crippen molar-refractivity contribution in [2.75, 3.05) is 36.0 Å². The summed E-state index contributed by atoms with van der Waals surface area (Å²) in [6, 6.07) is 14.0. The molecule has 1 aliphatic heterocycles. The lowest BCUT2D eigenvalue weighted by atomic mass is 10.1. The molecule has 0 bridgehead atoms. The SMILES string of the molecule is O=C(O)c1cn(C2CC2)c2cc(N3CCN(C(=S)N(c4ccc(F)cc4)c4cccc(Cl)n4)CC3)c(F)cc2c1=O. The van der Waals surface area contributed by atoms with Crippen molar-refractivity contribution in [1.82, 2.24) is 14.5 Å². The van der Waals surface area contributed by atoms with Gasteiger partial charge in [-0.1, -0.05) is 17.7 Å². The number of halogens is 3. The first-order valence-electron chi connectivity index (χ1n) is 13.0. The topological polar surface area (TPSA) is 81.9 Å². The minimum Gasteiger partial charge on any atom is -0.477 e. The summed E-state index contributed by atoms with van der Waals surface area (Å²) >= 11 is 12.0. The summed E-state index contributed by atoms with van der Waals surface area (Å²) in [6.45, 7) is 1.79. The Morgan fingerprint density at radius 1 is 1.05 bits per heavy atom. The summed E-state index contributed by atoms with van der Waals surface area (Å²) in [5, 5.41) is 10.3. The van der Waals surface area contributed by atoms with E-state index in [9.17, 15) is 19.1 Å². The van der Waals surface area contributed by atoms with E-state index in [0.717, 1.165) is 18.9 Å². The molecule has 3 heterocycles. The monoisotopic (exact) mass is 595 g/mol. The molecule has 210 valence electrons. The van der Waals surface area contributed by atoms with E-state index in [1.165, 1.54) is 18.3 Å². The second-order valence-corrected chi connectivity index (χ2v) is 10.8. The standard InChI is InChI=1S/C29H24ClF2N5O3S/c30-25-2-1-3-26(33-25)37(19-6-4-17(31)5-7-19)29(41)35-12-10-34(11-13-35)24-15-23-20(14-22(24)32)27(38)21(28(39)40)16-36(23)18-8-9-18/h1-7,14-16,18H,8-13H2,(H,39,40). The molecule has 1 N–H and O–H groups in total. The maximum Gasteiger partial charge on any atom is 0.341 e. The third kappa shape index (κ3) is 5.22. The van der Waals surface area contributed by atoms with Crippen LogP contribution in [-0.2, 0) is 0 Å². The van der Waals surface area contributed by atoms with Gasteiger partial charge in [0.25, 0.3) is 0 Å². The number of anilines is 3. The van der Waals surface area contributed by atoms with Gasteiger partial charge >= 0.3 is 5.97 Å². The van der Waals surface area contributed by atoms with Crippen LogP contribution in [0.2, 0.25) is 5.15 Å². The van der Waals surface area contributed by atoms with Crippen molar-refractivity contribution in [3.05, 3.63) is 93.4 Å². The minimum absolute atomic E-state index is 0.0572. The van der Waals surface area contributed by atoms with Crippen molar-refractivity contribution in [3.8, 4) is 0 Å². The molecule has 1 saturated carbocycles. The molecule has 0 amide bonds. The molecular formula is C29H24ClF2N5O3S. The number of aromatic carboxylic acids is 1. The predicted octanol–water partition coefficient (Wildman–Crippen LogP) is 5.61. The maximum absolute atomic E-state index is 15.4. The number of carboxylic acid groups (broad SMARTS) is 1. The number of hydrogen-bond acceptors (Lipinski definition) is 5. The Kier molecular flexibility index (Phi) is 7.08. The fourth-order valence-corrected chi connectivity index (χ4v) is 5.68. The summed E-state index contributed by atoms with van der Waals surface area (Å²) in [7, 11) is 0. The van der Waals surface area contributed by atoms with E-state index in [4.69, 9.17) is 23.8 Å². The third-order valence-corrected chi connectivity index (χ3v) is 8.02. The van der Waals surface area contributed by atoms with Crippen molar-refractivity contribution in [3.63, 3.8) is 0 Å². The van der Waals surface area contributed by atoms with Gasteiger partial charge in [0.2, 0.25) is 5.43 Å². The van der Waals surface area contributed by atoms with E-state index in [1.807, 2.05) is 9.80 Å². The van der Waals surface area contributed by atoms with Crippen LogP contribution in [-0.4, -0.2) is 56.8 Å². The number of fused-ring (bicyclic) bond motifs is 1. The van der Waals surface area contributed by atoms with Crippen LogP contribution in [0.25, 0.3) is 10.9 Å². The number of hydrogen-bond donors (Lipinski definition) is 1. The first-order valence-corrected chi connectivity index (χ1v) is 13.8. The largest absolute Gasteiger partial charge is 0.477 e. The van der Waals surface area contributed by atoms with E-state index in [-0.39, 0.29) is 28.0 Å². The highest BCUT2D eigenvalue weighted by Crippen LogP contribution is 2.38. The molecule has 4 aromatic rings. The van der Waals surface area contributed by atoms with Gasteiger partial charge in [-0.3, -0.25) is 9.69 Å². The lowest BCUT2D eigenvalue weighted by Crippen LogP contribution is -2.52. The first-order chi connectivity index (χ1) is 19.7. The number of carbonyl (C=O) groups is 1. The van der Waals surface area contributed by atoms with Gasteiger partial charge < -0.3 is 19.5 Å². The molecule has 6 rings (SSSR count). The summed E-state index contributed by atoms with van der Waals surface area (Å²) in [5.74, 6) is -1.82. The van der Waals surface area contributed by atoms with Crippen LogP contribution in [0.15, 0.2) is 65.6 Å². The Labute approximate surface area is 244 Å². The smallest absolute Gasteiger partial charge is 0.341 e. The predicted molar refractivity (Wildman–Crippen MR) is 158 cm³/mol. The molecule has 2 aromatic heterocycles. The molecule has 41 heavy (non-hydrogen) atoms. The van der Waals surface area contributed by atoms with Crippen LogP contribution in [0.3, 0.4) is 0 Å². The summed E-state index contributed by atoms with van der Waals surface area (Å²) < 4.78 is 30.9. The lowest BCUT2D eigenvalue weighted by molar-refractivity contribution is 0.0695. The molecule has 0 unspecified atom stereocenters. The molecule has 0 spiro atoms. The molecule has 0 radical (unpaired) electrons. The van der Waals surface area contributed by atoms with Gasteiger partial charge in [-0.15, -0.1) is 0 Å². The van der Waals surface area contributed by atoms with Crippen LogP contribution in [0.5, 0.6) is 0 Å². The van der Waals surface area contributed by atoms with E-state index < -0.39 is 17.2 Å². The number of pyridine rings is 2. The fourth-order valence-electron chi connectivity index (χ4n) is 5.14. The molecule has 8 nitrogen and oxygen atoms in total. The second-order valence-electron chi connectivity index (χ2n) is 10.0. The van der Waals surface area contributed by atoms with Gasteiger partial charge in [0.05, 0.1) is 16.9 Å². The minimum atomic E-state index is -1.33. The number of piperazine rings is 1. The number of benzene rings is 2. The Bertz CT molecular complexity index is 1740. The van der Waals surface area contributed by atoms with Gasteiger partial charge in [-0.05, 0) is 73.6 Å². The Morgan fingerprint density at radius 2 is 1.76 bits per heavy atom. The normalized spacial score (nSPS) is 15.3. The van der Waals surface area contributed by atoms with Gasteiger partial charge in [-0.25, -0.2) is 18.6 Å². The number of aromatic nitrogens is 2. The molecule has 1 saturated heterocycles. The first kappa shape index (κ1) is 27.1. The Morgan fingerprint density at radius 3 is 2.39 bits per heavy atom. The van der Waals surface area contributed by atoms with E-state index in [1.54, 1.807) is 45.9 Å². The van der Waals surface area contributed by atoms with Gasteiger partial charge in [-0.2, -0.15) is 0 Å². The average molecular weight is 596 g/mol. The highest BCUT2D eigenvalue weighted by molar-refractivity contribution is 7.80. The molecule has 1 aliphatic carbocycles.